The van der Waals surface area contributed by atoms with Gasteiger partial charge in [0.1, 0.15) is 5.82 Å². The largest absolute Gasteiger partial charge is 0.340 e. The molecular weight excluding hydrogens is 225 g/mol. The summed E-state index contributed by atoms with van der Waals surface area (Å²) in [4.78, 5) is 7.13. The maximum Gasteiger partial charge on any atom is 0.165 e. The first-order chi connectivity index (χ1) is 7.79. The summed E-state index contributed by atoms with van der Waals surface area (Å²) in [5.74, 6) is -0.234. The van der Waals surface area contributed by atoms with Crippen LogP contribution in [0.4, 0.5) is 4.39 Å². The Hall–Kier alpha value is -1.33. The molecule has 0 aliphatic carbocycles. The molecule has 0 spiro atoms. The highest BCUT2D eigenvalue weighted by Crippen LogP contribution is 2.32. The fourth-order valence-electron chi connectivity index (χ4n) is 1.38. The van der Waals surface area contributed by atoms with Gasteiger partial charge in [-0.1, -0.05) is 23.9 Å². The Balaban J connectivity index is 2.13. The van der Waals surface area contributed by atoms with Crippen LogP contribution in [0.15, 0.2) is 41.8 Å². The highest BCUT2D eigenvalue weighted by atomic mass is 32.2. The lowest BCUT2D eigenvalue weighted by Gasteiger charge is -2.12. The Morgan fingerprint density at radius 3 is 2.69 bits per heavy atom. The first-order valence-corrected chi connectivity index (χ1v) is 5.79. The van der Waals surface area contributed by atoms with Crippen molar-refractivity contribution in [2.24, 2.45) is 5.73 Å². The fraction of sp³-hybridized carbons (Fsp3) is 0.182. The Morgan fingerprint density at radius 2 is 2.12 bits per heavy atom. The molecule has 16 heavy (non-hydrogen) atoms. The van der Waals surface area contributed by atoms with E-state index in [1.165, 1.54) is 12.1 Å². The highest BCUT2D eigenvalue weighted by molar-refractivity contribution is 7.99. The number of rotatable bonds is 4. The molecule has 0 saturated heterocycles. The van der Waals surface area contributed by atoms with Crippen molar-refractivity contribution in [3.8, 4) is 0 Å². The summed E-state index contributed by atoms with van der Waals surface area (Å²) >= 11 is 1.54. The molecule has 0 fully saturated rings. The van der Waals surface area contributed by atoms with Gasteiger partial charge in [-0.2, -0.15) is 0 Å². The van der Waals surface area contributed by atoms with Gasteiger partial charge in [0, 0.05) is 24.2 Å². The van der Waals surface area contributed by atoms with Gasteiger partial charge in [0.05, 0.1) is 0 Å². The molecule has 1 heterocycles. The lowest BCUT2D eigenvalue weighted by Crippen LogP contribution is -2.09. The van der Waals surface area contributed by atoms with Crippen LogP contribution in [0.1, 0.15) is 10.8 Å². The summed E-state index contributed by atoms with van der Waals surface area (Å²) in [6.07, 6.45) is 3.46. The molecule has 0 aliphatic heterocycles. The maximum absolute atomic E-state index is 12.8. The summed E-state index contributed by atoms with van der Waals surface area (Å²) in [6, 6.07) is 6.40. The molecule has 1 aromatic carbocycles. The SMILES string of the molecule is NCC(Sc1ncc[nH]1)c1ccc(F)cc1. The molecule has 1 unspecified atom stereocenters. The molecule has 0 aliphatic rings. The normalized spacial score (nSPS) is 12.6. The number of halogens is 1. The van der Waals surface area contributed by atoms with E-state index in [0.717, 1.165) is 10.7 Å². The fourth-order valence-corrected chi connectivity index (χ4v) is 2.30. The van der Waals surface area contributed by atoms with Gasteiger partial charge in [0.25, 0.3) is 0 Å². The van der Waals surface area contributed by atoms with Gasteiger partial charge in [-0.05, 0) is 17.7 Å². The van der Waals surface area contributed by atoms with Crippen LogP contribution < -0.4 is 5.73 Å². The third kappa shape index (κ3) is 2.62. The first kappa shape index (κ1) is 11.2. The number of nitrogens with two attached hydrogens (primary N) is 1. The van der Waals surface area contributed by atoms with Crippen molar-refractivity contribution < 1.29 is 4.39 Å². The van der Waals surface area contributed by atoms with Crippen LogP contribution in [-0.2, 0) is 0 Å². The van der Waals surface area contributed by atoms with Crippen molar-refractivity contribution >= 4 is 11.8 Å². The van der Waals surface area contributed by atoms with E-state index in [-0.39, 0.29) is 11.1 Å². The number of H-pyrrole nitrogens is 1. The second kappa shape index (κ2) is 5.14. The molecule has 0 radical (unpaired) electrons. The standard InChI is InChI=1S/C11H12FN3S/c12-9-3-1-8(2-4-9)10(7-13)16-11-14-5-6-15-11/h1-6,10H,7,13H2,(H,14,15). The molecule has 1 atom stereocenters. The summed E-state index contributed by atoms with van der Waals surface area (Å²) in [5.41, 5.74) is 6.71. The van der Waals surface area contributed by atoms with E-state index in [4.69, 9.17) is 5.73 Å². The van der Waals surface area contributed by atoms with Crippen LogP contribution in [0.25, 0.3) is 0 Å². The van der Waals surface area contributed by atoms with Crippen molar-refractivity contribution in [3.63, 3.8) is 0 Å². The quantitative estimate of drug-likeness (QED) is 0.802. The zero-order valence-corrected chi connectivity index (χ0v) is 9.38. The Morgan fingerprint density at radius 1 is 1.38 bits per heavy atom. The van der Waals surface area contributed by atoms with Crippen LogP contribution >= 0.6 is 11.8 Å². The van der Waals surface area contributed by atoms with Crippen molar-refractivity contribution in [1.29, 1.82) is 0 Å². The summed E-state index contributed by atoms with van der Waals surface area (Å²) in [7, 11) is 0. The predicted molar refractivity (Wildman–Crippen MR) is 62.6 cm³/mol. The summed E-state index contributed by atoms with van der Waals surface area (Å²) in [5, 5.41) is 0.909. The van der Waals surface area contributed by atoms with Crippen LogP contribution in [0, 0.1) is 5.82 Å². The smallest absolute Gasteiger partial charge is 0.165 e. The lowest BCUT2D eigenvalue weighted by molar-refractivity contribution is 0.627. The second-order valence-electron chi connectivity index (χ2n) is 3.29. The molecule has 2 aromatic rings. The van der Waals surface area contributed by atoms with E-state index in [9.17, 15) is 4.39 Å². The third-order valence-electron chi connectivity index (χ3n) is 2.18. The molecule has 3 N–H and O–H groups in total. The summed E-state index contributed by atoms with van der Waals surface area (Å²) in [6.45, 7) is 0.483. The molecule has 0 saturated carbocycles. The van der Waals surface area contributed by atoms with Crippen LogP contribution in [0.5, 0.6) is 0 Å². The topological polar surface area (TPSA) is 54.7 Å². The number of imidazole rings is 1. The van der Waals surface area contributed by atoms with E-state index in [1.807, 2.05) is 0 Å². The number of aromatic nitrogens is 2. The average Bonchev–Trinajstić information content (AvgIpc) is 2.80. The van der Waals surface area contributed by atoms with E-state index in [1.54, 1.807) is 36.3 Å². The minimum absolute atomic E-state index is 0.0896. The minimum Gasteiger partial charge on any atom is -0.340 e. The Labute approximate surface area is 97.3 Å². The first-order valence-electron chi connectivity index (χ1n) is 4.91. The lowest BCUT2D eigenvalue weighted by atomic mass is 10.1. The molecule has 1 aromatic heterocycles. The van der Waals surface area contributed by atoms with Crippen molar-refractivity contribution in [2.45, 2.75) is 10.4 Å². The van der Waals surface area contributed by atoms with E-state index < -0.39 is 0 Å². The number of hydrogen-bond acceptors (Lipinski definition) is 3. The number of aromatic amines is 1. The van der Waals surface area contributed by atoms with Gasteiger partial charge in [-0.3, -0.25) is 0 Å². The zero-order chi connectivity index (χ0) is 11.4. The molecule has 5 heteroatoms. The van der Waals surface area contributed by atoms with Gasteiger partial charge in [-0.15, -0.1) is 0 Å². The average molecular weight is 237 g/mol. The van der Waals surface area contributed by atoms with Crippen LogP contribution in [0.3, 0.4) is 0 Å². The highest BCUT2D eigenvalue weighted by Gasteiger charge is 2.12. The Bertz CT molecular complexity index is 427. The zero-order valence-electron chi connectivity index (χ0n) is 8.56. The number of hydrogen-bond donors (Lipinski definition) is 2. The predicted octanol–water partition coefficient (Wildman–Crippen LogP) is 2.34. The number of benzene rings is 1. The molecule has 84 valence electrons. The van der Waals surface area contributed by atoms with E-state index in [0.29, 0.717) is 6.54 Å². The van der Waals surface area contributed by atoms with Crippen LogP contribution in [-0.4, -0.2) is 16.5 Å². The number of nitrogens with one attached hydrogen (secondary N) is 1. The van der Waals surface area contributed by atoms with Gasteiger partial charge in [0.2, 0.25) is 0 Å². The second-order valence-corrected chi connectivity index (χ2v) is 4.48. The van der Waals surface area contributed by atoms with Gasteiger partial charge >= 0.3 is 0 Å². The van der Waals surface area contributed by atoms with Crippen molar-refractivity contribution in [1.82, 2.24) is 9.97 Å². The van der Waals surface area contributed by atoms with E-state index in [2.05, 4.69) is 9.97 Å². The van der Waals surface area contributed by atoms with Gasteiger partial charge in [-0.25, -0.2) is 9.37 Å². The molecule has 0 amide bonds. The minimum atomic E-state index is -0.234. The number of thioether (sulfide) groups is 1. The van der Waals surface area contributed by atoms with Gasteiger partial charge in [0.15, 0.2) is 5.16 Å². The Kier molecular flexibility index (Phi) is 3.58. The molecule has 3 nitrogen and oxygen atoms in total. The number of nitrogens with zero attached hydrogens (tertiary/aromatic N) is 1. The molecule has 0 bridgehead atoms. The summed E-state index contributed by atoms with van der Waals surface area (Å²) < 4.78 is 12.8. The van der Waals surface area contributed by atoms with Crippen LogP contribution in [0.2, 0.25) is 0 Å². The molecule has 2 rings (SSSR count). The van der Waals surface area contributed by atoms with Crippen molar-refractivity contribution in [3.05, 3.63) is 48.0 Å². The van der Waals surface area contributed by atoms with Crippen molar-refractivity contribution in [2.75, 3.05) is 6.54 Å². The molecular formula is C11H12FN3S. The van der Waals surface area contributed by atoms with E-state index >= 15 is 0 Å². The maximum atomic E-state index is 12.8. The monoisotopic (exact) mass is 237 g/mol. The third-order valence-corrected chi connectivity index (χ3v) is 3.38. The van der Waals surface area contributed by atoms with Gasteiger partial charge < -0.3 is 10.7 Å².